The minimum Gasteiger partial charge on any atom is -0.491 e. The van der Waals surface area contributed by atoms with Gasteiger partial charge in [0.05, 0.1) is 6.10 Å². The molecule has 0 fully saturated rings. The first-order valence-corrected chi connectivity index (χ1v) is 8.16. The van der Waals surface area contributed by atoms with E-state index in [9.17, 15) is 4.79 Å². The average molecular weight is 311 g/mol. The Balaban J connectivity index is 1.83. The van der Waals surface area contributed by atoms with Crippen LogP contribution in [0.5, 0.6) is 5.75 Å². The molecule has 2 rings (SSSR count). The lowest BCUT2D eigenvalue weighted by molar-refractivity contribution is 0.0938. The molecule has 2 aromatic carbocycles. The molecule has 0 heterocycles. The molecule has 0 spiro atoms. The molecule has 122 valence electrons. The lowest BCUT2D eigenvalue weighted by atomic mass is 10.1. The summed E-state index contributed by atoms with van der Waals surface area (Å²) in [6.45, 7) is 6.00. The number of aryl methyl sites for hydroxylation is 1. The van der Waals surface area contributed by atoms with E-state index in [-0.39, 0.29) is 18.1 Å². The normalized spacial score (nSPS) is 12.0. The maximum Gasteiger partial charge on any atom is 0.251 e. The van der Waals surface area contributed by atoms with Crippen molar-refractivity contribution in [2.24, 2.45) is 0 Å². The summed E-state index contributed by atoms with van der Waals surface area (Å²) < 4.78 is 5.59. The van der Waals surface area contributed by atoms with E-state index in [4.69, 9.17) is 4.74 Å². The van der Waals surface area contributed by atoms with Gasteiger partial charge < -0.3 is 10.1 Å². The summed E-state index contributed by atoms with van der Waals surface area (Å²) in [7, 11) is 0. The number of rotatable bonds is 7. The molecular formula is C20H25NO2. The molecule has 3 heteroatoms. The number of hydrogen-bond donors (Lipinski definition) is 1. The fourth-order valence-corrected chi connectivity index (χ4v) is 2.36. The number of hydrogen-bond acceptors (Lipinski definition) is 2. The van der Waals surface area contributed by atoms with Crippen molar-refractivity contribution in [3.05, 3.63) is 65.7 Å². The molecule has 2 aromatic rings. The van der Waals surface area contributed by atoms with Crippen molar-refractivity contribution in [2.45, 2.75) is 45.8 Å². The maximum absolute atomic E-state index is 12.2. The highest BCUT2D eigenvalue weighted by atomic mass is 16.5. The van der Waals surface area contributed by atoms with Gasteiger partial charge in [-0.15, -0.1) is 0 Å². The van der Waals surface area contributed by atoms with E-state index in [1.807, 2.05) is 51.1 Å². The van der Waals surface area contributed by atoms with Gasteiger partial charge in [0.1, 0.15) is 5.75 Å². The van der Waals surface area contributed by atoms with E-state index in [1.54, 1.807) is 12.1 Å². The quantitative estimate of drug-likeness (QED) is 0.831. The third-order valence-corrected chi connectivity index (χ3v) is 3.57. The lowest BCUT2D eigenvalue weighted by Gasteiger charge is -2.14. The molecule has 0 aromatic heterocycles. The molecule has 0 saturated heterocycles. The molecule has 0 radical (unpaired) electrons. The van der Waals surface area contributed by atoms with Gasteiger partial charge >= 0.3 is 0 Å². The number of carbonyl (C=O) groups excluding carboxylic acids is 1. The van der Waals surface area contributed by atoms with Crippen molar-refractivity contribution >= 4 is 5.91 Å². The van der Waals surface area contributed by atoms with Crippen molar-refractivity contribution < 1.29 is 9.53 Å². The van der Waals surface area contributed by atoms with Gasteiger partial charge in [0.2, 0.25) is 0 Å². The summed E-state index contributed by atoms with van der Waals surface area (Å²) in [5.41, 5.74) is 1.96. The van der Waals surface area contributed by atoms with Gasteiger partial charge in [0.15, 0.2) is 0 Å². The summed E-state index contributed by atoms with van der Waals surface area (Å²) >= 11 is 0. The first-order valence-electron chi connectivity index (χ1n) is 8.16. The summed E-state index contributed by atoms with van der Waals surface area (Å²) in [6, 6.07) is 17.7. The molecule has 0 unspecified atom stereocenters. The van der Waals surface area contributed by atoms with Crippen molar-refractivity contribution in [2.75, 3.05) is 0 Å². The Kier molecular flexibility index (Phi) is 6.21. The van der Waals surface area contributed by atoms with E-state index in [0.717, 1.165) is 18.6 Å². The number of carbonyl (C=O) groups is 1. The molecule has 0 aliphatic heterocycles. The van der Waals surface area contributed by atoms with Crippen LogP contribution >= 0.6 is 0 Å². The summed E-state index contributed by atoms with van der Waals surface area (Å²) in [4.78, 5) is 12.2. The highest BCUT2D eigenvalue weighted by Crippen LogP contribution is 2.14. The largest absolute Gasteiger partial charge is 0.491 e. The standard InChI is InChI=1S/C20H25NO2/c1-15(2)23-19-13-11-18(12-14-19)20(22)21-16(3)9-10-17-7-5-4-6-8-17/h4-8,11-16H,9-10H2,1-3H3,(H,21,22)/t16-/m0/s1. The highest BCUT2D eigenvalue weighted by molar-refractivity contribution is 5.94. The molecular weight excluding hydrogens is 286 g/mol. The van der Waals surface area contributed by atoms with Gasteiger partial charge in [-0.05, 0) is 63.4 Å². The summed E-state index contributed by atoms with van der Waals surface area (Å²) in [6.07, 6.45) is 2.01. The fourth-order valence-electron chi connectivity index (χ4n) is 2.36. The lowest BCUT2D eigenvalue weighted by Crippen LogP contribution is -2.32. The predicted octanol–water partition coefficient (Wildman–Crippen LogP) is 4.22. The van der Waals surface area contributed by atoms with Gasteiger partial charge in [0, 0.05) is 11.6 Å². The van der Waals surface area contributed by atoms with Gasteiger partial charge in [0.25, 0.3) is 5.91 Å². The Morgan fingerprint density at radius 2 is 1.65 bits per heavy atom. The topological polar surface area (TPSA) is 38.3 Å². The van der Waals surface area contributed by atoms with E-state index in [0.29, 0.717) is 5.56 Å². The Hall–Kier alpha value is -2.29. The Bertz CT molecular complexity index is 605. The third-order valence-electron chi connectivity index (χ3n) is 3.57. The first kappa shape index (κ1) is 17.1. The number of benzene rings is 2. The fraction of sp³-hybridized carbons (Fsp3) is 0.350. The van der Waals surface area contributed by atoms with Crippen LogP contribution in [0, 0.1) is 0 Å². The predicted molar refractivity (Wildman–Crippen MR) is 93.9 cm³/mol. The minimum atomic E-state index is -0.0401. The minimum absolute atomic E-state index is 0.0401. The van der Waals surface area contributed by atoms with E-state index < -0.39 is 0 Å². The number of ether oxygens (including phenoxy) is 1. The van der Waals surface area contributed by atoms with E-state index in [2.05, 4.69) is 17.4 Å². The van der Waals surface area contributed by atoms with Crippen molar-refractivity contribution in [3.63, 3.8) is 0 Å². The van der Waals surface area contributed by atoms with Crippen molar-refractivity contribution in [3.8, 4) is 5.75 Å². The number of nitrogens with one attached hydrogen (secondary N) is 1. The Labute approximate surface area is 138 Å². The van der Waals surface area contributed by atoms with E-state index >= 15 is 0 Å². The van der Waals surface area contributed by atoms with Gasteiger partial charge in [-0.3, -0.25) is 4.79 Å². The van der Waals surface area contributed by atoms with Crippen LogP contribution in [0.4, 0.5) is 0 Å². The van der Waals surface area contributed by atoms with Crippen LogP contribution in [0.1, 0.15) is 43.1 Å². The van der Waals surface area contributed by atoms with Crippen LogP contribution in [0.3, 0.4) is 0 Å². The van der Waals surface area contributed by atoms with Crippen LogP contribution in [0.2, 0.25) is 0 Å². The van der Waals surface area contributed by atoms with Crippen LogP contribution in [-0.2, 0) is 6.42 Å². The van der Waals surface area contributed by atoms with E-state index in [1.165, 1.54) is 5.56 Å². The van der Waals surface area contributed by atoms with Crippen LogP contribution in [-0.4, -0.2) is 18.1 Å². The van der Waals surface area contributed by atoms with Gasteiger partial charge in [-0.1, -0.05) is 30.3 Å². The van der Waals surface area contributed by atoms with Crippen LogP contribution < -0.4 is 10.1 Å². The van der Waals surface area contributed by atoms with Crippen LogP contribution in [0.25, 0.3) is 0 Å². The molecule has 0 saturated carbocycles. The summed E-state index contributed by atoms with van der Waals surface area (Å²) in [5.74, 6) is 0.746. The zero-order valence-electron chi connectivity index (χ0n) is 14.1. The van der Waals surface area contributed by atoms with Gasteiger partial charge in [-0.2, -0.15) is 0 Å². The Morgan fingerprint density at radius 3 is 2.26 bits per heavy atom. The maximum atomic E-state index is 12.2. The zero-order valence-corrected chi connectivity index (χ0v) is 14.1. The first-order chi connectivity index (χ1) is 11.0. The average Bonchev–Trinajstić information content (AvgIpc) is 2.54. The molecule has 23 heavy (non-hydrogen) atoms. The second-order valence-corrected chi connectivity index (χ2v) is 6.09. The molecule has 0 aliphatic rings. The van der Waals surface area contributed by atoms with Gasteiger partial charge in [-0.25, -0.2) is 0 Å². The SMILES string of the molecule is CC(C)Oc1ccc(C(=O)N[C@@H](C)CCc2ccccc2)cc1. The van der Waals surface area contributed by atoms with Crippen molar-refractivity contribution in [1.29, 1.82) is 0 Å². The molecule has 3 nitrogen and oxygen atoms in total. The Morgan fingerprint density at radius 1 is 1.00 bits per heavy atom. The zero-order chi connectivity index (χ0) is 16.7. The van der Waals surface area contributed by atoms with Crippen molar-refractivity contribution in [1.82, 2.24) is 5.32 Å². The molecule has 0 bridgehead atoms. The molecule has 1 atom stereocenters. The molecule has 1 amide bonds. The molecule has 0 aliphatic carbocycles. The number of amides is 1. The smallest absolute Gasteiger partial charge is 0.251 e. The monoisotopic (exact) mass is 311 g/mol. The second kappa shape index (κ2) is 8.37. The third kappa shape index (κ3) is 5.78. The van der Waals surface area contributed by atoms with Crippen LogP contribution in [0.15, 0.2) is 54.6 Å². The second-order valence-electron chi connectivity index (χ2n) is 6.09. The summed E-state index contributed by atoms with van der Waals surface area (Å²) in [5, 5.41) is 3.05. The highest BCUT2D eigenvalue weighted by Gasteiger charge is 2.10. The molecule has 1 N–H and O–H groups in total.